The van der Waals surface area contributed by atoms with Crippen LogP contribution in [0.2, 0.25) is 0 Å². The van der Waals surface area contributed by atoms with Gasteiger partial charge in [0, 0.05) is 19.2 Å². The molecule has 0 spiro atoms. The molecule has 0 aliphatic carbocycles. The quantitative estimate of drug-likeness (QED) is 0.831. The van der Waals surface area contributed by atoms with Gasteiger partial charge in [-0.05, 0) is 47.0 Å². The maximum absolute atomic E-state index is 12.0. The molecule has 1 aliphatic rings. The Morgan fingerprint density at radius 3 is 2.85 bits per heavy atom. The van der Waals surface area contributed by atoms with Crippen LogP contribution in [0, 0.1) is 0 Å². The lowest BCUT2D eigenvalue weighted by Gasteiger charge is -2.31. The van der Waals surface area contributed by atoms with E-state index in [-0.39, 0.29) is 18.6 Å². The van der Waals surface area contributed by atoms with E-state index in [1.807, 2.05) is 0 Å². The Balaban J connectivity index is 1.78. The van der Waals surface area contributed by atoms with Crippen molar-refractivity contribution < 1.29 is 19.1 Å². The molecule has 1 aromatic heterocycles. The van der Waals surface area contributed by atoms with Gasteiger partial charge in [0.25, 0.3) is 0 Å². The van der Waals surface area contributed by atoms with Crippen molar-refractivity contribution in [1.29, 1.82) is 0 Å². The van der Waals surface area contributed by atoms with Crippen molar-refractivity contribution in [1.82, 2.24) is 4.90 Å². The van der Waals surface area contributed by atoms with Crippen LogP contribution in [0.1, 0.15) is 18.6 Å². The molecule has 6 heteroatoms. The molecule has 0 unspecified atom stereocenters. The minimum Gasteiger partial charge on any atom is -0.450 e. The first kappa shape index (κ1) is 15.3. The number of carbonyl (C=O) groups excluding carboxylic acids is 1. The summed E-state index contributed by atoms with van der Waals surface area (Å²) >= 11 is 3.22. The topological polar surface area (TPSA) is 62.9 Å². The number of nitrogens with zero attached hydrogens (tertiary/aromatic N) is 1. The highest BCUT2D eigenvalue weighted by atomic mass is 79.9. The second-order valence-electron chi connectivity index (χ2n) is 4.59. The number of piperidine rings is 1. The summed E-state index contributed by atoms with van der Waals surface area (Å²) in [6.07, 6.45) is 4.97. The Bertz CT molecular complexity index is 463. The van der Waals surface area contributed by atoms with Crippen molar-refractivity contribution in [2.45, 2.75) is 18.9 Å². The van der Waals surface area contributed by atoms with Crippen LogP contribution < -0.4 is 0 Å². The molecule has 1 saturated heterocycles. The van der Waals surface area contributed by atoms with E-state index in [1.54, 1.807) is 23.1 Å². The number of furan rings is 1. The molecule has 2 heterocycles. The number of aliphatic hydroxyl groups excluding tert-OH is 1. The fraction of sp³-hybridized carbons (Fsp3) is 0.500. The molecule has 0 bridgehead atoms. The predicted octanol–water partition coefficient (Wildman–Crippen LogP) is 2.06. The molecule has 0 radical (unpaired) electrons. The Morgan fingerprint density at radius 1 is 1.50 bits per heavy atom. The Hall–Kier alpha value is -1.11. The molecule has 0 saturated carbocycles. The first-order valence-electron chi connectivity index (χ1n) is 6.64. The molecule has 0 aromatic carbocycles. The summed E-state index contributed by atoms with van der Waals surface area (Å²) in [5, 5.41) is 8.71. The number of amides is 1. The first-order chi connectivity index (χ1) is 9.69. The summed E-state index contributed by atoms with van der Waals surface area (Å²) in [6.45, 7) is 1.77. The van der Waals surface area contributed by atoms with Crippen LogP contribution in [0.3, 0.4) is 0 Å². The SMILES string of the molecule is O=C(/C=C/c1ccc(Br)o1)N1CCC(OCCO)CC1. The molecule has 1 N–H and O–H groups in total. The molecule has 1 fully saturated rings. The molecule has 1 aliphatic heterocycles. The van der Waals surface area contributed by atoms with Gasteiger partial charge in [-0.15, -0.1) is 0 Å². The summed E-state index contributed by atoms with van der Waals surface area (Å²) in [5.74, 6) is 0.629. The summed E-state index contributed by atoms with van der Waals surface area (Å²) in [7, 11) is 0. The minimum atomic E-state index is -0.0156. The van der Waals surface area contributed by atoms with E-state index in [2.05, 4.69) is 15.9 Å². The number of likely N-dealkylation sites (tertiary alicyclic amines) is 1. The zero-order valence-electron chi connectivity index (χ0n) is 11.1. The monoisotopic (exact) mass is 343 g/mol. The molecule has 1 aromatic rings. The van der Waals surface area contributed by atoms with Gasteiger partial charge >= 0.3 is 0 Å². The molecule has 2 rings (SSSR count). The van der Waals surface area contributed by atoms with E-state index in [0.717, 1.165) is 12.8 Å². The number of hydrogen-bond donors (Lipinski definition) is 1. The average molecular weight is 344 g/mol. The molecular formula is C14H18BrNO4. The molecule has 0 atom stereocenters. The second kappa shape index (κ2) is 7.61. The lowest BCUT2D eigenvalue weighted by atomic mass is 10.1. The molecular weight excluding hydrogens is 326 g/mol. The van der Waals surface area contributed by atoms with Crippen LogP contribution >= 0.6 is 15.9 Å². The van der Waals surface area contributed by atoms with E-state index >= 15 is 0 Å². The van der Waals surface area contributed by atoms with Crippen LogP contribution in [0.5, 0.6) is 0 Å². The summed E-state index contributed by atoms with van der Waals surface area (Å²) in [4.78, 5) is 13.8. The Morgan fingerprint density at radius 2 is 2.25 bits per heavy atom. The fourth-order valence-corrected chi connectivity index (χ4v) is 2.46. The maximum Gasteiger partial charge on any atom is 0.246 e. The van der Waals surface area contributed by atoms with E-state index < -0.39 is 0 Å². The van der Waals surface area contributed by atoms with Crippen molar-refractivity contribution in [3.8, 4) is 0 Å². The van der Waals surface area contributed by atoms with E-state index in [1.165, 1.54) is 6.08 Å². The highest BCUT2D eigenvalue weighted by molar-refractivity contribution is 9.10. The van der Waals surface area contributed by atoms with Crippen molar-refractivity contribution in [2.24, 2.45) is 0 Å². The van der Waals surface area contributed by atoms with E-state index in [0.29, 0.717) is 30.1 Å². The third-order valence-electron chi connectivity index (χ3n) is 3.18. The number of carbonyl (C=O) groups is 1. The van der Waals surface area contributed by atoms with Crippen molar-refractivity contribution in [3.05, 3.63) is 28.6 Å². The van der Waals surface area contributed by atoms with Gasteiger partial charge in [-0.3, -0.25) is 4.79 Å². The number of rotatable bonds is 5. The van der Waals surface area contributed by atoms with Gasteiger partial charge in [0.1, 0.15) is 5.76 Å². The average Bonchev–Trinajstić information content (AvgIpc) is 2.89. The third kappa shape index (κ3) is 4.47. The van der Waals surface area contributed by atoms with Crippen molar-refractivity contribution >= 4 is 27.9 Å². The fourth-order valence-electron chi connectivity index (χ4n) is 2.14. The third-order valence-corrected chi connectivity index (χ3v) is 3.61. The van der Waals surface area contributed by atoms with E-state index in [4.69, 9.17) is 14.3 Å². The normalized spacial score (nSPS) is 17.0. The predicted molar refractivity (Wildman–Crippen MR) is 78.1 cm³/mol. The summed E-state index contributed by atoms with van der Waals surface area (Å²) < 4.78 is 11.4. The van der Waals surface area contributed by atoms with Crippen LogP contribution in [0.15, 0.2) is 27.3 Å². The first-order valence-corrected chi connectivity index (χ1v) is 7.43. The molecule has 5 nitrogen and oxygen atoms in total. The zero-order chi connectivity index (χ0) is 14.4. The van der Waals surface area contributed by atoms with Gasteiger partial charge in [-0.25, -0.2) is 0 Å². The molecule has 1 amide bonds. The zero-order valence-corrected chi connectivity index (χ0v) is 12.7. The van der Waals surface area contributed by atoms with E-state index in [9.17, 15) is 4.79 Å². The van der Waals surface area contributed by atoms with Gasteiger partial charge < -0.3 is 19.2 Å². The highest BCUT2D eigenvalue weighted by Gasteiger charge is 2.21. The molecule has 110 valence electrons. The second-order valence-corrected chi connectivity index (χ2v) is 5.38. The van der Waals surface area contributed by atoms with Crippen LogP contribution in [-0.4, -0.2) is 48.3 Å². The summed E-state index contributed by atoms with van der Waals surface area (Å²) in [5.41, 5.74) is 0. The number of aliphatic hydroxyl groups is 1. The summed E-state index contributed by atoms with van der Waals surface area (Å²) in [6, 6.07) is 3.58. The minimum absolute atomic E-state index is 0.0156. The Labute approximate surface area is 126 Å². The lowest BCUT2D eigenvalue weighted by Crippen LogP contribution is -2.40. The van der Waals surface area contributed by atoms with Gasteiger partial charge in [0.05, 0.1) is 19.3 Å². The standard InChI is InChI=1S/C14H18BrNO4/c15-13-3-1-12(20-13)2-4-14(18)16-7-5-11(6-8-16)19-10-9-17/h1-4,11,17H,5-10H2/b4-2+. The van der Waals surface area contributed by atoms with Gasteiger partial charge in [0.15, 0.2) is 4.67 Å². The smallest absolute Gasteiger partial charge is 0.246 e. The van der Waals surface area contributed by atoms with Gasteiger partial charge in [0.2, 0.25) is 5.91 Å². The number of halogens is 1. The van der Waals surface area contributed by atoms with Gasteiger partial charge in [-0.1, -0.05) is 0 Å². The molecule has 20 heavy (non-hydrogen) atoms. The van der Waals surface area contributed by atoms with Crippen molar-refractivity contribution in [3.63, 3.8) is 0 Å². The Kier molecular flexibility index (Phi) is 5.82. The number of hydrogen-bond acceptors (Lipinski definition) is 4. The van der Waals surface area contributed by atoms with Crippen molar-refractivity contribution in [2.75, 3.05) is 26.3 Å². The largest absolute Gasteiger partial charge is 0.450 e. The van der Waals surface area contributed by atoms with Crippen LogP contribution in [0.4, 0.5) is 0 Å². The van der Waals surface area contributed by atoms with Crippen LogP contribution in [0.25, 0.3) is 6.08 Å². The lowest BCUT2D eigenvalue weighted by molar-refractivity contribution is -0.128. The maximum atomic E-state index is 12.0. The van der Waals surface area contributed by atoms with Gasteiger partial charge in [-0.2, -0.15) is 0 Å². The highest BCUT2D eigenvalue weighted by Crippen LogP contribution is 2.16. The number of ether oxygens (including phenoxy) is 1. The van der Waals surface area contributed by atoms with Crippen LogP contribution in [-0.2, 0) is 9.53 Å².